The number of carbonyl (C=O) groups is 1. The minimum atomic E-state index is -0.812. The van der Waals surface area contributed by atoms with Crippen LogP contribution in [-0.2, 0) is 10.8 Å². The second-order valence-electron chi connectivity index (χ2n) is 4.35. The number of hydrogen-bond donors (Lipinski definition) is 1. The minimum Gasteiger partial charge on any atom is -0.350 e. The van der Waals surface area contributed by atoms with Crippen molar-refractivity contribution < 1.29 is 9.00 Å². The molecule has 3 nitrogen and oxygen atoms in total. The summed E-state index contributed by atoms with van der Waals surface area (Å²) in [5.74, 6) is 0.530. The molecule has 0 aliphatic rings. The van der Waals surface area contributed by atoms with E-state index in [4.69, 9.17) is 0 Å². The Balaban J connectivity index is 2.65. The molecule has 1 aromatic carbocycles. The molecule has 1 aromatic rings. The van der Waals surface area contributed by atoms with E-state index in [1.165, 1.54) is 0 Å². The van der Waals surface area contributed by atoms with Crippen LogP contribution < -0.4 is 5.32 Å². The highest BCUT2D eigenvalue weighted by Crippen LogP contribution is 2.19. The molecule has 2 unspecified atom stereocenters. The van der Waals surface area contributed by atoms with E-state index in [0.29, 0.717) is 11.3 Å². The molecule has 5 heteroatoms. The Labute approximate surface area is 119 Å². The van der Waals surface area contributed by atoms with Crippen molar-refractivity contribution >= 4 is 32.6 Å². The lowest BCUT2D eigenvalue weighted by molar-refractivity contribution is 0.0938. The minimum absolute atomic E-state index is 0.0276. The standard InChI is InChI=1S/C13H18BrNO2S/c1-9(7-8-18(3)17)15-13(16)11-5-4-6-12(14)10(11)2/h4-6,9H,7-8H2,1-3H3,(H,15,16). The van der Waals surface area contributed by atoms with Crippen molar-refractivity contribution in [1.29, 1.82) is 0 Å². The van der Waals surface area contributed by atoms with Crippen LogP contribution in [0, 0.1) is 6.92 Å². The normalized spacial score (nSPS) is 14.0. The molecule has 1 rings (SSSR count). The van der Waals surface area contributed by atoms with Gasteiger partial charge in [-0.25, -0.2) is 0 Å². The summed E-state index contributed by atoms with van der Waals surface area (Å²) in [5.41, 5.74) is 1.61. The highest BCUT2D eigenvalue weighted by molar-refractivity contribution is 9.10. The van der Waals surface area contributed by atoms with Crippen LogP contribution in [0.2, 0.25) is 0 Å². The summed E-state index contributed by atoms with van der Waals surface area (Å²) in [7, 11) is -0.812. The molecule has 1 N–H and O–H groups in total. The van der Waals surface area contributed by atoms with Gasteiger partial charge in [0.05, 0.1) is 0 Å². The zero-order valence-electron chi connectivity index (χ0n) is 10.8. The molecule has 0 radical (unpaired) electrons. The number of halogens is 1. The first kappa shape index (κ1) is 15.4. The van der Waals surface area contributed by atoms with Gasteiger partial charge in [0.1, 0.15) is 0 Å². The van der Waals surface area contributed by atoms with Crippen LogP contribution in [0.3, 0.4) is 0 Å². The molecule has 0 aliphatic carbocycles. The number of amides is 1. The van der Waals surface area contributed by atoms with Gasteiger partial charge in [0.15, 0.2) is 0 Å². The second-order valence-corrected chi connectivity index (χ2v) is 6.76. The van der Waals surface area contributed by atoms with Crippen molar-refractivity contribution in [2.75, 3.05) is 12.0 Å². The molecule has 0 aliphatic heterocycles. The van der Waals surface area contributed by atoms with Crippen molar-refractivity contribution in [3.05, 3.63) is 33.8 Å². The first-order valence-corrected chi connectivity index (χ1v) is 8.30. The summed E-state index contributed by atoms with van der Waals surface area (Å²) in [6.45, 7) is 3.84. The molecule has 2 atom stereocenters. The lowest BCUT2D eigenvalue weighted by Crippen LogP contribution is -2.33. The third-order valence-electron chi connectivity index (χ3n) is 2.73. The molecule has 0 bridgehead atoms. The van der Waals surface area contributed by atoms with Gasteiger partial charge in [-0.1, -0.05) is 22.0 Å². The molecular formula is C13H18BrNO2S. The van der Waals surface area contributed by atoms with Gasteiger partial charge in [0.2, 0.25) is 0 Å². The quantitative estimate of drug-likeness (QED) is 0.901. The first-order chi connectivity index (χ1) is 8.41. The summed E-state index contributed by atoms with van der Waals surface area (Å²) < 4.78 is 11.9. The van der Waals surface area contributed by atoms with Crippen molar-refractivity contribution in [1.82, 2.24) is 5.32 Å². The fourth-order valence-corrected chi connectivity index (χ4v) is 2.62. The van der Waals surface area contributed by atoms with Gasteiger partial charge in [0.25, 0.3) is 5.91 Å². The van der Waals surface area contributed by atoms with Crippen LogP contribution in [0.25, 0.3) is 0 Å². The van der Waals surface area contributed by atoms with Crippen molar-refractivity contribution in [2.24, 2.45) is 0 Å². The summed E-state index contributed by atoms with van der Waals surface area (Å²) in [6.07, 6.45) is 2.40. The average molecular weight is 332 g/mol. The van der Waals surface area contributed by atoms with Crippen molar-refractivity contribution in [3.63, 3.8) is 0 Å². The third-order valence-corrected chi connectivity index (χ3v) is 4.40. The Kier molecular flexibility index (Phi) is 6.02. The SMILES string of the molecule is Cc1c(Br)cccc1C(=O)NC(C)CCS(C)=O. The van der Waals surface area contributed by atoms with E-state index >= 15 is 0 Å². The number of carbonyl (C=O) groups excluding carboxylic acids is 1. The Morgan fingerprint density at radius 1 is 1.50 bits per heavy atom. The van der Waals surface area contributed by atoms with E-state index in [-0.39, 0.29) is 11.9 Å². The highest BCUT2D eigenvalue weighted by atomic mass is 79.9. The number of benzene rings is 1. The molecule has 0 saturated carbocycles. The topological polar surface area (TPSA) is 46.2 Å². The van der Waals surface area contributed by atoms with E-state index in [1.54, 1.807) is 12.3 Å². The van der Waals surface area contributed by atoms with Gasteiger partial charge < -0.3 is 5.32 Å². The van der Waals surface area contributed by atoms with Crippen LogP contribution in [0.1, 0.15) is 29.3 Å². The lowest BCUT2D eigenvalue weighted by atomic mass is 10.1. The molecular weight excluding hydrogens is 314 g/mol. The van der Waals surface area contributed by atoms with Gasteiger partial charge in [-0.2, -0.15) is 0 Å². The van der Waals surface area contributed by atoms with E-state index in [0.717, 1.165) is 16.5 Å². The number of rotatable bonds is 5. The molecule has 0 saturated heterocycles. The maximum absolute atomic E-state index is 12.1. The molecule has 1 amide bonds. The van der Waals surface area contributed by atoms with Gasteiger partial charge in [-0.15, -0.1) is 0 Å². The Morgan fingerprint density at radius 2 is 2.17 bits per heavy atom. The zero-order valence-corrected chi connectivity index (χ0v) is 13.2. The van der Waals surface area contributed by atoms with E-state index in [1.807, 2.05) is 26.0 Å². The maximum Gasteiger partial charge on any atom is 0.251 e. The van der Waals surface area contributed by atoms with E-state index in [9.17, 15) is 9.00 Å². The number of hydrogen-bond acceptors (Lipinski definition) is 2. The van der Waals surface area contributed by atoms with Gasteiger partial charge >= 0.3 is 0 Å². The third kappa shape index (κ3) is 4.53. The predicted octanol–water partition coefficient (Wildman–Crippen LogP) is 2.64. The van der Waals surface area contributed by atoms with Crippen LogP contribution >= 0.6 is 15.9 Å². The second kappa shape index (κ2) is 7.04. The molecule has 0 aromatic heterocycles. The van der Waals surface area contributed by atoms with Crippen LogP contribution in [-0.4, -0.2) is 28.2 Å². The largest absolute Gasteiger partial charge is 0.350 e. The Morgan fingerprint density at radius 3 is 2.78 bits per heavy atom. The number of nitrogens with one attached hydrogen (secondary N) is 1. The van der Waals surface area contributed by atoms with Crippen molar-refractivity contribution in [2.45, 2.75) is 26.3 Å². The predicted molar refractivity (Wildman–Crippen MR) is 79.4 cm³/mol. The fourth-order valence-electron chi connectivity index (χ4n) is 1.57. The Hall–Kier alpha value is -0.680. The lowest BCUT2D eigenvalue weighted by Gasteiger charge is -2.14. The average Bonchev–Trinajstić information content (AvgIpc) is 2.30. The summed E-state index contributed by atoms with van der Waals surface area (Å²) >= 11 is 3.41. The Bertz CT molecular complexity index is 462. The maximum atomic E-state index is 12.1. The smallest absolute Gasteiger partial charge is 0.251 e. The summed E-state index contributed by atoms with van der Waals surface area (Å²) in [6, 6.07) is 5.59. The van der Waals surface area contributed by atoms with E-state index in [2.05, 4.69) is 21.2 Å². The highest BCUT2D eigenvalue weighted by Gasteiger charge is 2.13. The zero-order chi connectivity index (χ0) is 13.7. The first-order valence-electron chi connectivity index (χ1n) is 5.77. The van der Waals surface area contributed by atoms with Gasteiger partial charge in [-0.05, 0) is 38.0 Å². The van der Waals surface area contributed by atoms with Crippen LogP contribution in [0.15, 0.2) is 22.7 Å². The molecule has 18 heavy (non-hydrogen) atoms. The van der Waals surface area contributed by atoms with Gasteiger partial charge in [0, 0.05) is 38.9 Å². The summed E-state index contributed by atoms with van der Waals surface area (Å²) in [4.78, 5) is 12.1. The monoisotopic (exact) mass is 331 g/mol. The molecule has 0 fully saturated rings. The van der Waals surface area contributed by atoms with Crippen LogP contribution in [0.4, 0.5) is 0 Å². The fraction of sp³-hybridized carbons (Fsp3) is 0.462. The van der Waals surface area contributed by atoms with Gasteiger partial charge in [-0.3, -0.25) is 9.00 Å². The van der Waals surface area contributed by atoms with E-state index < -0.39 is 10.8 Å². The molecule has 100 valence electrons. The summed E-state index contributed by atoms with van der Waals surface area (Å²) in [5, 5.41) is 2.93. The molecule has 0 heterocycles. The van der Waals surface area contributed by atoms with Crippen molar-refractivity contribution in [3.8, 4) is 0 Å². The molecule has 0 spiro atoms. The van der Waals surface area contributed by atoms with Crippen LogP contribution in [0.5, 0.6) is 0 Å².